The van der Waals surface area contributed by atoms with Crippen molar-refractivity contribution in [3.63, 3.8) is 0 Å². The highest BCUT2D eigenvalue weighted by Gasteiger charge is 2.33. The summed E-state index contributed by atoms with van der Waals surface area (Å²) in [5, 5.41) is 0. The first-order chi connectivity index (χ1) is 9.70. The zero-order valence-corrected chi connectivity index (χ0v) is 14.2. The Bertz CT molecular complexity index is 609. The number of hydrogen-bond donors (Lipinski definition) is 0. The third-order valence-corrected chi connectivity index (χ3v) is 5.63. The zero-order valence-electron chi connectivity index (χ0n) is 13.3. The predicted molar refractivity (Wildman–Crippen MR) is 86.7 cm³/mol. The van der Waals surface area contributed by atoms with Gasteiger partial charge in [-0.1, -0.05) is 50.6 Å². The van der Waals surface area contributed by atoms with E-state index in [1.807, 2.05) is 19.1 Å². The fourth-order valence-electron chi connectivity index (χ4n) is 2.50. The van der Waals surface area contributed by atoms with Gasteiger partial charge in [0.1, 0.15) is 0 Å². The summed E-state index contributed by atoms with van der Waals surface area (Å²) in [5.74, 6) is 0. The van der Waals surface area contributed by atoms with E-state index in [9.17, 15) is 8.42 Å². The first-order valence-electron chi connectivity index (χ1n) is 7.48. The Morgan fingerprint density at radius 1 is 1.19 bits per heavy atom. The number of aryl methyl sites for hydroxylation is 1. The highest BCUT2D eigenvalue weighted by Crippen LogP contribution is 2.28. The highest BCUT2D eigenvalue weighted by molar-refractivity contribution is 7.89. The van der Waals surface area contributed by atoms with Crippen molar-refractivity contribution in [2.45, 2.75) is 51.5 Å². The van der Waals surface area contributed by atoms with Crippen molar-refractivity contribution in [1.29, 1.82) is 0 Å². The molecule has 1 saturated heterocycles. The molecule has 1 fully saturated rings. The summed E-state index contributed by atoms with van der Waals surface area (Å²) in [6, 6.07) is 7.09. The van der Waals surface area contributed by atoms with Crippen LogP contribution in [0.15, 0.2) is 41.3 Å². The second-order valence-electron chi connectivity index (χ2n) is 6.86. The summed E-state index contributed by atoms with van der Waals surface area (Å²) in [5.41, 5.74) is 1.14. The van der Waals surface area contributed by atoms with Crippen LogP contribution >= 0.6 is 0 Å². The van der Waals surface area contributed by atoms with Gasteiger partial charge in [-0.05, 0) is 37.3 Å². The summed E-state index contributed by atoms with van der Waals surface area (Å²) < 4.78 is 27.2. The van der Waals surface area contributed by atoms with Crippen molar-refractivity contribution in [2.75, 3.05) is 6.54 Å². The molecule has 21 heavy (non-hydrogen) atoms. The number of sulfonamides is 1. The van der Waals surface area contributed by atoms with Crippen LogP contribution in [0, 0.1) is 12.3 Å². The molecule has 1 heterocycles. The van der Waals surface area contributed by atoms with E-state index in [0.29, 0.717) is 11.4 Å². The Kier molecular flexibility index (Phi) is 4.59. The lowest BCUT2D eigenvalue weighted by Crippen LogP contribution is -2.34. The summed E-state index contributed by atoms with van der Waals surface area (Å²) >= 11 is 0. The lowest BCUT2D eigenvalue weighted by Gasteiger charge is -2.23. The minimum atomic E-state index is -3.39. The predicted octanol–water partition coefficient (Wildman–Crippen LogP) is 3.75. The molecule has 0 saturated carbocycles. The number of allylic oxidation sites excluding steroid dienone is 1. The quantitative estimate of drug-likeness (QED) is 0.798. The van der Waals surface area contributed by atoms with Gasteiger partial charge in [0.05, 0.1) is 4.90 Å². The Morgan fingerprint density at radius 3 is 2.38 bits per heavy atom. The average molecular weight is 307 g/mol. The van der Waals surface area contributed by atoms with Gasteiger partial charge in [-0.3, -0.25) is 0 Å². The number of hydrogen-bond acceptors (Lipinski definition) is 2. The van der Waals surface area contributed by atoms with Crippen LogP contribution in [0.2, 0.25) is 0 Å². The van der Waals surface area contributed by atoms with Crippen LogP contribution in [0.1, 0.15) is 39.2 Å². The van der Waals surface area contributed by atoms with Crippen molar-refractivity contribution in [3.8, 4) is 0 Å². The molecular formula is C17H25NO2S. The van der Waals surface area contributed by atoms with Gasteiger partial charge < -0.3 is 0 Å². The van der Waals surface area contributed by atoms with Crippen molar-refractivity contribution in [3.05, 3.63) is 42.0 Å². The fraction of sp³-hybridized carbons (Fsp3) is 0.529. The van der Waals surface area contributed by atoms with Gasteiger partial charge in [-0.25, -0.2) is 8.42 Å². The van der Waals surface area contributed by atoms with E-state index < -0.39 is 10.0 Å². The topological polar surface area (TPSA) is 37.4 Å². The summed E-state index contributed by atoms with van der Waals surface area (Å²) in [7, 11) is -3.39. The minimum Gasteiger partial charge on any atom is -0.207 e. The van der Waals surface area contributed by atoms with Crippen molar-refractivity contribution < 1.29 is 8.42 Å². The zero-order chi connectivity index (χ0) is 15.7. The molecule has 116 valence electrons. The molecule has 1 unspecified atom stereocenters. The van der Waals surface area contributed by atoms with Crippen LogP contribution in [0.5, 0.6) is 0 Å². The molecule has 0 aliphatic carbocycles. The Hall–Kier alpha value is -1.13. The lowest BCUT2D eigenvalue weighted by molar-refractivity contribution is 0.428. The number of rotatable bonds is 3. The van der Waals surface area contributed by atoms with Gasteiger partial charge in [-0.2, -0.15) is 4.31 Å². The van der Waals surface area contributed by atoms with E-state index in [4.69, 9.17) is 0 Å². The molecule has 0 radical (unpaired) electrons. The first kappa shape index (κ1) is 16.2. The summed E-state index contributed by atoms with van der Waals surface area (Å²) in [4.78, 5) is 0.393. The van der Waals surface area contributed by atoms with E-state index >= 15 is 0 Å². The van der Waals surface area contributed by atoms with Gasteiger partial charge >= 0.3 is 0 Å². The van der Waals surface area contributed by atoms with Crippen molar-refractivity contribution in [1.82, 2.24) is 4.31 Å². The summed E-state index contributed by atoms with van der Waals surface area (Å²) in [6.45, 7) is 8.93. The molecule has 1 atom stereocenters. The van der Waals surface area contributed by atoms with Crippen LogP contribution < -0.4 is 0 Å². The van der Waals surface area contributed by atoms with Gasteiger partial charge in [0.15, 0.2) is 0 Å². The Balaban J connectivity index is 2.26. The molecule has 1 aliphatic rings. The first-order valence-corrected chi connectivity index (χ1v) is 8.92. The highest BCUT2D eigenvalue weighted by atomic mass is 32.2. The van der Waals surface area contributed by atoms with Crippen LogP contribution in [0.25, 0.3) is 0 Å². The second kappa shape index (κ2) is 5.93. The Morgan fingerprint density at radius 2 is 1.81 bits per heavy atom. The summed E-state index contributed by atoms with van der Waals surface area (Å²) in [6.07, 6.45) is 5.99. The smallest absolute Gasteiger partial charge is 0.207 e. The average Bonchev–Trinajstić information content (AvgIpc) is 2.85. The molecule has 0 bridgehead atoms. The molecule has 1 aromatic carbocycles. The van der Waals surface area contributed by atoms with Gasteiger partial charge in [0, 0.05) is 12.6 Å². The maximum Gasteiger partial charge on any atom is 0.243 e. The van der Waals surface area contributed by atoms with Gasteiger partial charge in [0.25, 0.3) is 0 Å². The molecule has 0 aromatic heterocycles. The number of benzene rings is 1. The van der Waals surface area contributed by atoms with Crippen LogP contribution in [0.4, 0.5) is 0 Å². The van der Waals surface area contributed by atoms with Crippen LogP contribution in [0.3, 0.4) is 0 Å². The second-order valence-corrected chi connectivity index (χ2v) is 8.75. The third-order valence-electron chi connectivity index (χ3n) is 3.69. The van der Waals surface area contributed by atoms with E-state index in [0.717, 1.165) is 18.4 Å². The maximum atomic E-state index is 12.8. The minimum absolute atomic E-state index is 0.0180. The fourth-order valence-corrected chi connectivity index (χ4v) is 4.15. The lowest BCUT2D eigenvalue weighted by atomic mass is 9.95. The standard InChI is InChI=1S/C17H25NO2S/c1-14-7-9-16(10-8-14)21(19,20)18-13-5-6-15(18)11-12-17(2,3)4/h7-12,15H,5-6,13H2,1-4H3/b12-11+. The van der Waals surface area contributed by atoms with Gasteiger partial charge in [0.2, 0.25) is 10.0 Å². The maximum absolute atomic E-state index is 12.8. The van der Waals surface area contributed by atoms with E-state index in [1.165, 1.54) is 0 Å². The van der Waals surface area contributed by atoms with Crippen LogP contribution in [-0.2, 0) is 10.0 Å². The van der Waals surface area contributed by atoms with Crippen LogP contribution in [-0.4, -0.2) is 25.3 Å². The Labute approximate surface area is 128 Å². The molecule has 2 rings (SSSR count). The SMILES string of the molecule is Cc1ccc(S(=O)(=O)N2CCCC2/C=C/C(C)(C)C)cc1. The monoisotopic (exact) mass is 307 g/mol. The van der Waals surface area contributed by atoms with E-state index in [1.54, 1.807) is 16.4 Å². The molecule has 4 heteroatoms. The number of nitrogens with zero attached hydrogens (tertiary/aromatic N) is 1. The van der Waals surface area contributed by atoms with Gasteiger partial charge in [-0.15, -0.1) is 0 Å². The molecule has 1 aromatic rings. The molecule has 0 amide bonds. The normalized spacial score (nSPS) is 21.2. The molecule has 1 aliphatic heterocycles. The van der Waals surface area contributed by atoms with E-state index in [2.05, 4.69) is 32.9 Å². The molecule has 0 spiro atoms. The molecule has 3 nitrogen and oxygen atoms in total. The van der Waals surface area contributed by atoms with Crippen molar-refractivity contribution >= 4 is 10.0 Å². The van der Waals surface area contributed by atoms with Crippen molar-refractivity contribution in [2.24, 2.45) is 5.41 Å². The third kappa shape index (κ3) is 3.95. The largest absolute Gasteiger partial charge is 0.243 e. The molecular weight excluding hydrogens is 282 g/mol. The van der Waals surface area contributed by atoms with E-state index in [-0.39, 0.29) is 11.5 Å². The molecule has 0 N–H and O–H groups in total.